The molecular weight excluding hydrogens is 310 g/mol. The monoisotopic (exact) mass is 339 g/mol. The van der Waals surface area contributed by atoms with Crippen LogP contribution in [-0.4, -0.2) is 12.0 Å². The largest absolute Gasteiger partial charge is 0.480 e. The van der Waals surface area contributed by atoms with Gasteiger partial charge in [-0.15, -0.1) is 0 Å². The highest BCUT2D eigenvalue weighted by Gasteiger charge is 2.19. The maximum atomic E-state index is 12.5. The quantitative estimate of drug-likeness (QED) is 0.695. The number of benzene rings is 2. The third-order valence-electron chi connectivity index (χ3n) is 4.30. The Hall–Kier alpha value is -2.29. The summed E-state index contributed by atoms with van der Waals surface area (Å²) >= 11 is 0. The van der Waals surface area contributed by atoms with Gasteiger partial charge in [0.2, 0.25) is 0 Å². The van der Waals surface area contributed by atoms with E-state index in [1.165, 1.54) is 24.0 Å². The number of unbranched alkanes of at least 4 members (excludes halogenated alkanes) is 1. The lowest BCUT2D eigenvalue weighted by Gasteiger charge is -2.19. The first-order chi connectivity index (χ1) is 12.0. The zero-order chi connectivity index (χ0) is 18.2. The van der Waals surface area contributed by atoms with Crippen molar-refractivity contribution in [2.45, 2.75) is 59.5 Å². The molecule has 3 heteroatoms. The predicted molar refractivity (Wildman–Crippen MR) is 104 cm³/mol. The van der Waals surface area contributed by atoms with E-state index >= 15 is 0 Å². The fourth-order valence-corrected chi connectivity index (χ4v) is 2.77. The van der Waals surface area contributed by atoms with Crippen LogP contribution in [0.15, 0.2) is 42.5 Å². The molecule has 134 valence electrons. The summed E-state index contributed by atoms with van der Waals surface area (Å²) in [5.74, 6) is 0.659. The maximum Gasteiger partial charge on any atom is 0.265 e. The lowest BCUT2D eigenvalue weighted by molar-refractivity contribution is -0.122. The Bertz CT molecular complexity index is 692. The SMILES string of the molecule is CCCCc1ccc(NC(=O)[C@@H](CC)Oc2ccc(C)cc2C)cc1. The molecule has 2 aromatic carbocycles. The summed E-state index contributed by atoms with van der Waals surface area (Å²) < 4.78 is 5.95. The Morgan fingerprint density at radius 1 is 1.08 bits per heavy atom. The molecule has 0 spiro atoms. The summed E-state index contributed by atoms with van der Waals surface area (Å²) in [6, 6.07) is 14.1. The zero-order valence-corrected chi connectivity index (χ0v) is 15.8. The van der Waals surface area contributed by atoms with Crippen molar-refractivity contribution >= 4 is 11.6 Å². The van der Waals surface area contributed by atoms with Gasteiger partial charge in [0, 0.05) is 5.69 Å². The Morgan fingerprint density at radius 3 is 2.40 bits per heavy atom. The van der Waals surface area contributed by atoms with E-state index in [-0.39, 0.29) is 5.91 Å². The number of ether oxygens (including phenoxy) is 1. The highest BCUT2D eigenvalue weighted by Crippen LogP contribution is 2.21. The molecule has 2 aromatic rings. The molecule has 1 atom stereocenters. The van der Waals surface area contributed by atoms with Crippen LogP contribution >= 0.6 is 0 Å². The predicted octanol–water partition coefficient (Wildman–Crippen LogP) is 5.44. The molecule has 1 N–H and O–H groups in total. The van der Waals surface area contributed by atoms with Crippen LogP contribution in [0.3, 0.4) is 0 Å². The fraction of sp³-hybridized carbons (Fsp3) is 0.409. The average Bonchev–Trinajstić information content (AvgIpc) is 2.60. The standard InChI is InChI=1S/C22H29NO2/c1-5-7-8-18-10-12-19(13-11-18)23-22(24)20(6-2)25-21-14-9-16(3)15-17(21)4/h9-15,20H,5-8H2,1-4H3,(H,23,24)/t20-/m1/s1. The van der Waals surface area contributed by atoms with E-state index in [9.17, 15) is 4.79 Å². The number of rotatable bonds is 8. The highest BCUT2D eigenvalue weighted by atomic mass is 16.5. The van der Waals surface area contributed by atoms with Gasteiger partial charge in [-0.2, -0.15) is 0 Å². The lowest BCUT2D eigenvalue weighted by Crippen LogP contribution is -2.32. The second kappa shape index (κ2) is 9.26. The third-order valence-corrected chi connectivity index (χ3v) is 4.30. The summed E-state index contributed by atoms with van der Waals surface area (Å²) in [5, 5.41) is 2.96. The number of carbonyl (C=O) groups excluding carboxylic acids is 1. The van der Waals surface area contributed by atoms with Crippen LogP contribution in [0.2, 0.25) is 0 Å². The summed E-state index contributed by atoms with van der Waals surface area (Å²) in [6.07, 6.45) is 3.58. The van der Waals surface area contributed by atoms with E-state index in [1.54, 1.807) is 0 Å². The molecule has 0 aliphatic heterocycles. The van der Waals surface area contributed by atoms with E-state index in [0.29, 0.717) is 6.42 Å². The molecule has 25 heavy (non-hydrogen) atoms. The van der Waals surface area contributed by atoms with Gasteiger partial charge in [0.1, 0.15) is 5.75 Å². The molecule has 0 unspecified atom stereocenters. The van der Waals surface area contributed by atoms with E-state index in [0.717, 1.165) is 23.4 Å². The number of amides is 1. The lowest BCUT2D eigenvalue weighted by atomic mass is 10.1. The van der Waals surface area contributed by atoms with E-state index < -0.39 is 6.10 Å². The molecule has 0 aliphatic carbocycles. The van der Waals surface area contributed by atoms with Crippen molar-refractivity contribution in [2.24, 2.45) is 0 Å². The number of aryl methyl sites for hydroxylation is 3. The Kier molecular flexibility index (Phi) is 7.05. The van der Waals surface area contributed by atoms with Crippen LogP contribution < -0.4 is 10.1 Å². The van der Waals surface area contributed by atoms with Crippen LogP contribution in [0.1, 0.15) is 49.8 Å². The van der Waals surface area contributed by atoms with E-state index in [2.05, 4.69) is 30.4 Å². The zero-order valence-electron chi connectivity index (χ0n) is 15.8. The van der Waals surface area contributed by atoms with Gasteiger partial charge < -0.3 is 10.1 Å². The molecule has 0 fully saturated rings. The minimum atomic E-state index is -0.499. The smallest absolute Gasteiger partial charge is 0.265 e. The molecule has 0 aromatic heterocycles. The van der Waals surface area contributed by atoms with Crippen molar-refractivity contribution in [3.8, 4) is 5.75 Å². The normalized spacial score (nSPS) is 11.8. The van der Waals surface area contributed by atoms with E-state index in [4.69, 9.17) is 4.74 Å². The van der Waals surface area contributed by atoms with E-state index in [1.807, 2.05) is 45.0 Å². The van der Waals surface area contributed by atoms with Gasteiger partial charge in [0.15, 0.2) is 6.10 Å². The van der Waals surface area contributed by atoms with Crippen molar-refractivity contribution < 1.29 is 9.53 Å². The molecule has 0 radical (unpaired) electrons. The number of hydrogen-bond donors (Lipinski definition) is 1. The van der Waals surface area contributed by atoms with Crippen molar-refractivity contribution in [1.82, 2.24) is 0 Å². The fourth-order valence-electron chi connectivity index (χ4n) is 2.77. The van der Waals surface area contributed by atoms with Gasteiger partial charge in [-0.3, -0.25) is 4.79 Å². The van der Waals surface area contributed by atoms with Crippen LogP contribution in [0.4, 0.5) is 5.69 Å². The third kappa shape index (κ3) is 5.63. The van der Waals surface area contributed by atoms with Crippen molar-refractivity contribution in [1.29, 1.82) is 0 Å². The minimum Gasteiger partial charge on any atom is -0.480 e. The summed E-state index contributed by atoms with van der Waals surface area (Å²) in [6.45, 7) is 8.20. The van der Waals surface area contributed by atoms with Crippen LogP contribution in [0, 0.1) is 13.8 Å². The van der Waals surface area contributed by atoms with Crippen LogP contribution in [0.25, 0.3) is 0 Å². The summed E-state index contributed by atoms with van der Waals surface area (Å²) in [7, 11) is 0. The van der Waals surface area contributed by atoms with Gasteiger partial charge in [0.05, 0.1) is 0 Å². The first-order valence-corrected chi connectivity index (χ1v) is 9.17. The van der Waals surface area contributed by atoms with Crippen LogP contribution in [0.5, 0.6) is 5.75 Å². The average molecular weight is 339 g/mol. The number of anilines is 1. The van der Waals surface area contributed by atoms with Crippen molar-refractivity contribution in [3.63, 3.8) is 0 Å². The minimum absolute atomic E-state index is 0.108. The van der Waals surface area contributed by atoms with Gasteiger partial charge in [0.25, 0.3) is 5.91 Å². The molecule has 0 aliphatic rings. The molecular formula is C22H29NO2. The second-order valence-electron chi connectivity index (χ2n) is 6.57. The van der Waals surface area contributed by atoms with Crippen LogP contribution in [-0.2, 0) is 11.2 Å². The summed E-state index contributed by atoms with van der Waals surface area (Å²) in [5.41, 5.74) is 4.35. The summed E-state index contributed by atoms with van der Waals surface area (Å²) in [4.78, 5) is 12.5. The number of carbonyl (C=O) groups is 1. The maximum absolute atomic E-state index is 12.5. The van der Waals surface area contributed by atoms with Gasteiger partial charge in [-0.1, -0.05) is 50.1 Å². The molecule has 0 saturated heterocycles. The second-order valence-corrected chi connectivity index (χ2v) is 6.57. The van der Waals surface area contributed by atoms with Gasteiger partial charge in [-0.05, 0) is 62.4 Å². The number of nitrogens with one attached hydrogen (secondary N) is 1. The van der Waals surface area contributed by atoms with Gasteiger partial charge in [-0.25, -0.2) is 0 Å². The first-order valence-electron chi connectivity index (χ1n) is 9.17. The van der Waals surface area contributed by atoms with Gasteiger partial charge >= 0.3 is 0 Å². The topological polar surface area (TPSA) is 38.3 Å². The Labute approximate surface area is 151 Å². The molecule has 2 rings (SSSR count). The molecule has 0 saturated carbocycles. The molecule has 0 heterocycles. The van der Waals surface area contributed by atoms with Crippen molar-refractivity contribution in [3.05, 3.63) is 59.2 Å². The number of hydrogen-bond acceptors (Lipinski definition) is 2. The Balaban J connectivity index is 1.99. The van der Waals surface area contributed by atoms with Crippen molar-refractivity contribution in [2.75, 3.05) is 5.32 Å². The highest BCUT2D eigenvalue weighted by molar-refractivity contribution is 5.94. The first kappa shape index (κ1) is 19.0. The molecule has 0 bridgehead atoms. The Morgan fingerprint density at radius 2 is 1.80 bits per heavy atom. The molecule has 1 amide bonds. The molecule has 3 nitrogen and oxygen atoms in total.